The lowest BCUT2D eigenvalue weighted by atomic mass is 9.87. The number of carbonyl (C=O) groups excluding carboxylic acids is 2. The van der Waals surface area contributed by atoms with Crippen molar-refractivity contribution in [1.82, 2.24) is 10.2 Å². The van der Waals surface area contributed by atoms with E-state index in [0.29, 0.717) is 12.0 Å². The molecule has 1 unspecified atom stereocenters. The molecule has 5 heteroatoms. The number of benzene rings is 1. The molecule has 1 heterocycles. The molecule has 0 radical (unpaired) electrons. The van der Waals surface area contributed by atoms with Crippen LogP contribution < -0.4 is 5.32 Å². The number of urea groups is 1. The quantitative estimate of drug-likeness (QED) is 0.678. The van der Waals surface area contributed by atoms with Crippen molar-refractivity contribution in [3.63, 3.8) is 0 Å². The molecule has 0 aliphatic carbocycles. The summed E-state index contributed by atoms with van der Waals surface area (Å²) in [7, 11) is 0. The molecule has 0 spiro atoms. The van der Waals surface area contributed by atoms with E-state index in [1.165, 1.54) is 24.3 Å². The number of rotatable bonds is 4. The number of carbonyl (C=O) groups is 2. The second-order valence-corrected chi connectivity index (χ2v) is 5.04. The first-order valence-electron chi connectivity index (χ1n) is 6.45. The van der Waals surface area contributed by atoms with Gasteiger partial charge in [-0.25, -0.2) is 9.18 Å². The van der Waals surface area contributed by atoms with Crippen molar-refractivity contribution in [2.45, 2.75) is 25.8 Å². The van der Waals surface area contributed by atoms with Crippen LogP contribution in [0.5, 0.6) is 0 Å². The van der Waals surface area contributed by atoms with Crippen molar-refractivity contribution in [1.29, 1.82) is 0 Å². The van der Waals surface area contributed by atoms with Crippen LogP contribution in [0.25, 0.3) is 0 Å². The topological polar surface area (TPSA) is 49.4 Å². The minimum absolute atomic E-state index is 0.188. The van der Waals surface area contributed by atoms with Gasteiger partial charge in [-0.05, 0) is 31.0 Å². The minimum Gasteiger partial charge on any atom is -0.319 e. The van der Waals surface area contributed by atoms with Crippen LogP contribution in [0.2, 0.25) is 0 Å². The maximum absolute atomic E-state index is 13.0. The van der Waals surface area contributed by atoms with Crippen molar-refractivity contribution < 1.29 is 14.0 Å². The Hall–Kier alpha value is -2.17. The van der Waals surface area contributed by atoms with E-state index in [-0.39, 0.29) is 18.3 Å². The van der Waals surface area contributed by atoms with Gasteiger partial charge in [0.25, 0.3) is 5.91 Å². The van der Waals surface area contributed by atoms with Gasteiger partial charge in [0.15, 0.2) is 0 Å². The zero-order chi connectivity index (χ0) is 14.9. The molecular weight excluding hydrogens is 259 g/mol. The summed E-state index contributed by atoms with van der Waals surface area (Å²) in [4.78, 5) is 25.8. The second-order valence-electron chi connectivity index (χ2n) is 5.04. The van der Waals surface area contributed by atoms with E-state index in [2.05, 4.69) is 11.9 Å². The summed E-state index contributed by atoms with van der Waals surface area (Å²) in [5, 5.41) is 2.73. The molecule has 1 saturated heterocycles. The summed E-state index contributed by atoms with van der Waals surface area (Å²) in [6.07, 6.45) is 0.399. The Bertz CT molecular complexity index is 568. The Morgan fingerprint density at radius 2 is 1.95 bits per heavy atom. The van der Waals surface area contributed by atoms with E-state index < -0.39 is 11.6 Å². The first-order chi connectivity index (χ1) is 9.40. The average molecular weight is 276 g/mol. The summed E-state index contributed by atoms with van der Waals surface area (Å²) >= 11 is 0. The van der Waals surface area contributed by atoms with Gasteiger partial charge in [0.1, 0.15) is 11.4 Å². The maximum Gasteiger partial charge on any atom is 0.325 e. The highest BCUT2D eigenvalue weighted by molar-refractivity contribution is 6.07. The van der Waals surface area contributed by atoms with Gasteiger partial charge in [0.2, 0.25) is 0 Å². The van der Waals surface area contributed by atoms with E-state index >= 15 is 0 Å². The zero-order valence-corrected chi connectivity index (χ0v) is 11.6. The van der Waals surface area contributed by atoms with Gasteiger partial charge in [0, 0.05) is 0 Å². The van der Waals surface area contributed by atoms with Crippen LogP contribution in [0, 0.1) is 5.82 Å². The van der Waals surface area contributed by atoms with E-state index in [9.17, 15) is 14.0 Å². The van der Waals surface area contributed by atoms with Gasteiger partial charge in [-0.1, -0.05) is 31.2 Å². The van der Waals surface area contributed by atoms with Crippen molar-refractivity contribution in [2.24, 2.45) is 0 Å². The Kier molecular flexibility index (Phi) is 3.61. The third kappa shape index (κ3) is 2.19. The lowest BCUT2D eigenvalue weighted by Gasteiger charge is -2.25. The van der Waals surface area contributed by atoms with Crippen LogP contribution in [0.3, 0.4) is 0 Å². The number of halogens is 1. The predicted octanol–water partition coefficient (Wildman–Crippen LogP) is 2.56. The molecule has 2 rings (SSSR count). The Morgan fingerprint density at radius 3 is 2.45 bits per heavy atom. The van der Waals surface area contributed by atoms with Crippen molar-refractivity contribution >= 4 is 11.9 Å². The standard InChI is InChI=1S/C15H17FN2O2/c1-4-15(11-5-7-12(16)8-6-11)13(19)18(9-10(2)3)14(20)17-15/h5-8H,2,4,9H2,1,3H3,(H,17,20). The molecule has 0 bridgehead atoms. The van der Waals surface area contributed by atoms with Crippen molar-refractivity contribution in [3.05, 3.63) is 47.8 Å². The van der Waals surface area contributed by atoms with Gasteiger partial charge >= 0.3 is 6.03 Å². The largest absolute Gasteiger partial charge is 0.325 e. The van der Waals surface area contributed by atoms with Crippen LogP contribution in [0.1, 0.15) is 25.8 Å². The molecule has 1 fully saturated rings. The van der Waals surface area contributed by atoms with Gasteiger partial charge in [-0.3, -0.25) is 9.69 Å². The minimum atomic E-state index is -1.11. The van der Waals surface area contributed by atoms with Gasteiger partial charge in [-0.2, -0.15) is 0 Å². The van der Waals surface area contributed by atoms with Crippen LogP contribution in [0.15, 0.2) is 36.4 Å². The lowest BCUT2D eigenvalue weighted by molar-refractivity contribution is -0.131. The van der Waals surface area contributed by atoms with Crippen molar-refractivity contribution in [3.8, 4) is 0 Å². The van der Waals surface area contributed by atoms with E-state index in [1.54, 1.807) is 6.92 Å². The zero-order valence-electron chi connectivity index (χ0n) is 11.6. The summed E-state index contributed by atoms with van der Waals surface area (Å²) in [5.74, 6) is -0.699. The molecule has 3 amide bonds. The molecule has 1 aromatic carbocycles. The van der Waals surface area contributed by atoms with Gasteiger partial charge < -0.3 is 5.32 Å². The second kappa shape index (κ2) is 5.07. The highest BCUT2D eigenvalue weighted by Crippen LogP contribution is 2.32. The highest BCUT2D eigenvalue weighted by Gasteiger charge is 2.50. The normalized spacial score (nSPS) is 22.1. The lowest BCUT2D eigenvalue weighted by Crippen LogP contribution is -2.43. The molecule has 106 valence electrons. The summed E-state index contributed by atoms with van der Waals surface area (Å²) in [5.41, 5.74) is 0.198. The Balaban J connectivity index is 2.42. The van der Waals surface area contributed by atoms with E-state index in [1.807, 2.05) is 6.92 Å². The van der Waals surface area contributed by atoms with E-state index in [4.69, 9.17) is 0 Å². The number of hydrogen-bond donors (Lipinski definition) is 1. The fourth-order valence-electron chi connectivity index (χ4n) is 2.41. The SMILES string of the molecule is C=C(C)CN1C(=O)NC(CC)(c2ccc(F)cc2)C1=O. The third-order valence-electron chi connectivity index (χ3n) is 3.47. The maximum atomic E-state index is 13.0. The van der Waals surface area contributed by atoms with Crippen LogP contribution in [-0.2, 0) is 10.3 Å². The van der Waals surface area contributed by atoms with Crippen LogP contribution in [-0.4, -0.2) is 23.4 Å². The first-order valence-corrected chi connectivity index (χ1v) is 6.45. The Labute approximate surface area is 117 Å². The fraction of sp³-hybridized carbons (Fsp3) is 0.333. The Morgan fingerprint density at radius 1 is 1.35 bits per heavy atom. The molecule has 20 heavy (non-hydrogen) atoms. The third-order valence-corrected chi connectivity index (χ3v) is 3.47. The molecule has 1 aliphatic heterocycles. The van der Waals surface area contributed by atoms with Crippen molar-refractivity contribution in [2.75, 3.05) is 6.54 Å². The summed E-state index contributed by atoms with van der Waals surface area (Å²) in [6, 6.07) is 5.19. The monoisotopic (exact) mass is 276 g/mol. The molecule has 0 aromatic heterocycles. The van der Waals surface area contributed by atoms with Crippen LogP contribution >= 0.6 is 0 Å². The number of imide groups is 1. The molecule has 1 N–H and O–H groups in total. The highest BCUT2D eigenvalue weighted by atomic mass is 19.1. The molecule has 0 saturated carbocycles. The van der Waals surface area contributed by atoms with E-state index in [0.717, 1.165) is 10.5 Å². The number of nitrogens with one attached hydrogen (secondary N) is 1. The molecule has 4 nitrogen and oxygen atoms in total. The smallest absolute Gasteiger partial charge is 0.319 e. The average Bonchev–Trinajstić information content (AvgIpc) is 2.64. The van der Waals surface area contributed by atoms with Gasteiger partial charge in [-0.15, -0.1) is 0 Å². The summed E-state index contributed by atoms with van der Waals surface area (Å²) < 4.78 is 13.0. The first kappa shape index (κ1) is 14.2. The van der Waals surface area contributed by atoms with Crippen LogP contribution in [0.4, 0.5) is 9.18 Å². The number of amides is 3. The molecule has 1 atom stereocenters. The molecular formula is C15H17FN2O2. The predicted molar refractivity (Wildman–Crippen MR) is 73.4 cm³/mol. The number of nitrogens with zero attached hydrogens (tertiary/aromatic N) is 1. The molecule has 1 aliphatic rings. The number of hydrogen-bond acceptors (Lipinski definition) is 2. The summed E-state index contributed by atoms with van der Waals surface area (Å²) in [6.45, 7) is 7.48. The molecule has 1 aromatic rings. The van der Waals surface area contributed by atoms with Gasteiger partial charge in [0.05, 0.1) is 6.54 Å². The fourth-order valence-corrected chi connectivity index (χ4v) is 2.41.